The first-order valence-corrected chi connectivity index (χ1v) is 9.78. The fourth-order valence-corrected chi connectivity index (χ4v) is 2.89. The molecule has 0 aliphatic carbocycles. The average molecular weight is 384 g/mol. The van der Waals surface area contributed by atoms with Crippen molar-refractivity contribution in [2.24, 2.45) is 0 Å². The van der Waals surface area contributed by atoms with Gasteiger partial charge in [-0.2, -0.15) is 0 Å². The van der Waals surface area contributed by atoms with E-state index < -0.39 is 6.04 Å². The molecule has 0 unspecified atom stereocenters. The van der Waals surface area contributed by atoms with Crippen LogP contribution in [0.15, 0.2) is 48.5 Å². The number of halogens is 1. The SMILES string of the molecule is CCCCNC(=O)[C@@H](C)N(Cc1ccc(F)cc1)C(=O)Cc1ccc(C)cc1. The Morgan fingerprint density at radius 3 is 2.25 bits per heavy atom. The zero-order valence-corrected chi connectivity index (χ0v) is 16.9. The van der Waals surface area contributed by atoms with Crippen molar-refractivity contribution in [1.82, 2.24) is 10.2 Å². The second kappa shape index (κ2) is 10.6. The van der Waals surface area contributed by atoms with E-state index in [1.807, 2.05) is 31.2 Å². The van der Waals surface area contributed by atoms with Gasteiger partial charge in [-0.05, 0) is 43.5 Å². The van der Waals surface area contributed by atoms with E-state index in [1.165, 1.54) is 12.1 Å². The van der Waals surface area contributed by atoms with Crippen molar-refractivity contribution in [2.45, 2.75) is 52.6 Å². The molecule has 4 nitrogen and oxygen atoms in total. The molecule has 2 aromatic carbocycles. The summed E-state index contributed by atoms with van der Waals surface area (Å²) in [5.74, 6) is -0.634. The van der Waals surface area contributed by atoms with Crippen molar-refractivity contribution in [2.75, 3.05) is 6.54 Å². The third kappa shape index (κ3) is 6.48. The summed E-state index contributed by atoms with van der Waals surface area (Å²) < 4.78 is 13.2. The molecule has 0 radical (unpaired) electrons. The molecular weight excluding hydrogens is 355 g/mol. The molecule has 0 aliphatic heterocycles. The fourth-order valence-electron chi connectivity index (χ4n) is 2.89. The first-order chi connectivity index (χ1) is 13.4. The number of hydrogen-bond acceptors (Lipinski definition) is 2. The van der Waals surface area contributed by atoms with Gasteiger partial charge in [0.1, 0.15) is 11.9 Å². The van der Waals surface area contributed by atoms with Crippen molar-refractivity contribution in [3.05, 3.63) is 71.0 Å². The van der Waals surface area contributed by atoms with E-state index >= 15 is 0 Å². The van der Waals surface area contributed by atoms with E-state index in [0.29, 0.717) is 6.54 Å². The van der Waals surface area contributed by atoms with Crippen LogP contribution in [0.2, 0.25) is 0 Å². The van der Waals surface area contributed by atoms with Gasteiger partial charge >= 0.3 is 0 Å². The molecule has 0 saturated carbocycles. The molecule has 1 N–H and O–H groups in total. The molecule has 28 heavy (non-hydrogen) atoms. The van der Waals surface area contributed by atoms with Crippen molar-refractivity contribution in [3.63, 3.8) is 0 Å². The van der Waals surface area contributed by atoms with Crippen molar-refractivity contribution in [3.8, 4) is 0 Å². The van der Waals surface area contributed by atoms with Crippen LogP contribution in [0.3, 0.4) is 0 Å². The molecule has 0 heterocycles. The summed E-state index contributed by atoms with van der Waals surface area (Å²) in [5, 5.41) is 2.89. The van der Waals surface area contributed by atoms with E-state index in [9.17, 15) is 14.0 Å². The van der Waals surface area contributed by atoms with Gasteiger partial charge in [-0.1, -0.05) is 55.3 Å². The lowest BCUT2D eigenvalue weighted by Gasteiger charge is -2.29. The molecular formula is C23H29FN2O2. The summed E-state index contributed by atoms with van der Waals surface area (Å²) >= 11 is 0. The van der Waals surface area contributed by atoms with Crippen LogP contribution in [-0.4, -0.2) is 29.3 Å². The Morgan fingerprint density at radius 1 is 1.04 bits per heavy atom. The second-order valence-electron chi connectivity index (χ2n) is 7.13. The van der Waals surface area contributed by atoms with Gasteiger partial charge in [-0.3, -0.25) is 9.59 Å². The maximum absolute atomic E-state index is 13.2. The third-order valence-corrected chi connectivity index (χ3v) is 4.74. The minimum Gasteiger partial charge on any atom is -0.354 e. The maximum atomic E-state index is 13.2. The van der Waals surface area contributed by atoms with Crippen molar-refractivity contribution >= 4 is 11.8 Å². The number of hydrogen-bond donors (Lipinski definition) is 1. The Kier molecular flexibility index (Phi) is 8.18. The van der Waals surface area contributed by atoms with E-state index in [1.54, 1.807) is 24.0 Å². The summed E-state index contributed by atoms with van der Waals surface area (Å²) in [6.45, 7) is 6.64. The predicted molar refractivity (Wildman–Crippen MR) is 109 cm³/mol. The number of unbranched alkanes of at least 4 members (excludes halogenated alkanes) is 1. The van der Waals surface area contributed by atoms with Crippen molar-refractivity contribution in [1.29, 1.82) is 0 Å². The number of benzene rings is 2. The Morgan fingerprint density at radius 2 is 1.64 bits per heavy atom. The van der Waals surface area contributed by atoms with E-state index in [0.717, 1.165) is 29.5 Å². The summed E-state index contributed by atoms with van der Waals surface area (Å²) in [4.78, 5) is 27.1. The van der Waals surface area contributed by atoms with Crippen LogP contribution >= 0.6 is 0 Å². The van der Waals surface area contributed by atoms with Gasteiger partial charge < -0.3 is 10.2 Å². The molecule has 0 aliphatic rings. The molecule has 2 rings (SSSR count). The number of nitrogens with one attached hydrogen (secondary N) is 1. The Balaban J connectivity index is 2.15. The van der Waals surface area contributed by atoms with E-state index in [4.69, 9.17) is 0 Å². The molecule has 150 valence electrons. The van der Waals surface area contributed by atoms with Crippen LogP contribution in [0.25, 0.3) is 0 Å². The highest BCUT2D eigenvalue weighted by Crippen LogP contribution is 2.14. The van der Waals surface area contributed by atoms with Crippen LogP contribution < -0.4 is 5.32 Å². The molecule has 0 bridgehead atoms. The lowest BCUT2D eigenvalue weighted by Crippen LogP contribution is -2.48. The largest absolute Gasteiger partial charge is 0.354 e. The fraction of sp³-hybridized carbons (Fsp3) is 0.391. The molecule has 5 heteroatoms. The predicted octanol–water partition coefficient (Wildman–Crippen LogP) is 4.01. The number of nitrogens with zero attached hydrogens (tertiary/aromatic N) is 1. The van der Waals surface area contributed by atoms with Crippen LogP contribution in [-0.2, 0) is 22.6 Å². The normalized spacial score (nSPS) is 11.7. The lowest BCUT2D eigenvalue weighted by molar-refractivity contribution is -0.140. The highest BCUT2D eigenvalue weighted by molar-refractivity contribution is 5.88. The highest BCUT2D eigenvalue weighted by atomic mass is 19.1. The zero-order valence-electron chi connectivity index (χ0n) is 16.9. The Labute approximate surface area is 166 Å². The molecule has 0 aromatic heterocycles. The van der Waals surface area contributed by atoms with Gasteiger partial charge in [-0.25, -0.2) is 4.39 Å². The number of carbonyl (C=O) groups excluding carboxylic acids is 2. The number of amides is 2. The van der Waals surface area contributed by atoms with Gasteiger partial charge in [0.05, 0.1) is 6.42 Å². The molecule has 2 amide bonds. The van der Waals surface area contributed by atoms with Crippen molar-refractivity contribution < 1.29 is 14.0 Å². The summed E-state index contributed by atoms with van der Waals surface area (Å²) in [7, 11) is 0. The molecule has 0 spiro atoms. The minimum atomic E-state index is -0.611. The highest BCUT2D eigenvalue weighted by Gasteiger charge is 2.26. The first-order valence-electron chi connectivity index (χ1n) is 9.78. The summed E-state index contributed by atoms with van der Waals surface area (Å²) in [5.41, 5.74) is 2.81. The quantitative estimate of drug-likeness (QED) is 0.664. The molecule has 2 aromatic rings. The molecule has 0 saturated heterocycles. The van der Waals surface area contributed by atoms with Crippen LogP contribution in [0.5, 0.6) is 0 Å². The summed E-state index contributed by atoms with van der Waals surface area (Å²) in [6, 6.07) is 13.2. The Hall–Kier alpha value is -2.69. The van der Waals surface area contributed by atoms with Gasteiger partial charge in [0.2, 0.25) is 11.8 Å². The maximum Gasteiger partial charge on any atom is 0.242 e. The minimum absolute atomic E-state index is 0.133. The average Bonchev–Trinajstić information content (AvgIpc) is 2.68. The number of rotatable bonds is 9. The summed E-state index contributed by atoms with van der Waals surface area (Å²) in [6.07, 6.45) is 2.10. The van der Waals surface area contributed by atoms with Gasteiger partial charge in [0, 0.05) is 13.1 Å². The second-order valence-corrected chi connectivity index (χ2v) is 7.13. The lowest BCUT2D eigenvalue weighted by atomic mass is 10.1. The number of aryl methyl sites for hydroxylation is 1. The smallest absolute Gasteiger partial charge is 0.242 e. The third-order valence-electron chi connectivity index (χ3n) is 4.74. The number of carbonyl (C=O) groups is 2. The van der Waals surface area contributed by atoms with Gasteiger partial charge in [-0.15, -0.1) is 0 Å². The van der Waals surface area contributed by atoms with Gasteiger partial charge in [0.15, 0.2) is 0 Å². The van der Waals surface area contributed by atoms with Crippen LogP contribution in [0.1, 0.15) is 43.4 Å². The van der Waals surface area contributed by atoms with E-state index in [-0.39, 0.29) is 30.6 Å². The van der Waals surface area contributed by atoms with Crippen LogP contribution in [0, 0.1) is 12.7 Å². The molecule has 1 atom stereocenters. The van der Waals surface area contributed by atoms with Crippen LogP contribution in [0.4, 0.5) is 4.39 Å². The standard InChI is InChI=1S/C23H29FN2O2/c1-4-5-14-25-23(28)18(3)26(16-20-10-12-21(24)13-11-20)22(27)15-19-8-6-17(2)7-9-19/h6-13,18H,4-5,14-16H2,1-3H3,(H,25,28)/t18-/m1/s1. The Bertz CT molecular complexity index is 772. The van der Waals surface area contributed by atoms with E-state index in [2.05, 4.69) is 12.2 Å². The zero-order chi connectivity index (χ0) is 20.5. The first kappa shape index (κ1) is 21.6. The van der Waals surface area contributed by atoms with Gasteiger partial charge in [0.25, 0.3) is 0 Å². The monoisotopic (exact) mass is 384 g/mol. The molecule has 0 fully saturated rings. The topological polar surface area (TPSA) is 49.4 Å².